The van der Waals surface area contributed by atoms with Crippen LogP contribution >= 0.6 is 11.8 Å². The number of nitrogens with one attached hydrogen (secondary N) is 1. The highest BCUT2D eigenvalue weighted by Crippen LogP contribution is 2.26. The van der Waals surface area contributed by atoms with Crippen molar-refractivity contribution in [3.05, 3.63) is 12.2 Å². The van der Waals surface area contributed by atoms with Gasteiger partial charge in [-0.3, -0.25) is 0 Å². The number of hydrogen-bond acceptors (Lipinski definition) is 2. The molecule has 2 heteroatoms. The van der Waals surface area contributed by atoms with Crippen LogP contribution in [0.2, 0.25) is 0 Å². The molecule has 1 nitrogen and oxygen atoms in total. The first-order valence-corrected chi connectivity index (χ1v) is 6.41. The number of hydrogen-bond donors (Lipinski definition) is 1. The third-order valence-corrected chi connectivity index (χ3v) is 3.84. The van der Waals surface area contributed by atoms with E-state index in [9.17, 15) is 0 Å². The summed E-state index contributed by atoms with van der Waals surface area (Å²) in [6, 6.07) is 0.750. The predicted molar refractivity (Wildman–Crippen MR) is 62.4 cm³/mol. The molecule has 0 atom stereocenters. The predicted octanol–water partition coefficient (Wildman–Crippen LogP) is 2.83. The minimum Gasteiger partial charge on any atom is -0.310 e. The zero-order valence-electron chi connectivity index (χ0n) is 8.81. The van der Waals surface area contributed by atoms with Crippen LogP contribution in [0.25, 0.3) is 0 Å². The van der Waals surface area contributed by atoms with E-state index in [-0.39, 0.29) is 0 Å². The molecular weight excluding hydrogens is 178 g/mol. The summed E-state index contributed by atoms with van der Waals surface area (Å²) < 4.78 is 0. The molecule has 0 bridgehead atoms. The molecule has 1 N–H and O–H groups in total. The average molecular weight is 199 g/mol. The van der Waals surface area contributed by atoms with Crippen LogP contribution in [0.1, 0.15) is 32.6 Å². The highest BCUT2D eigenvalue weighted by atomic mass is 32.2. The van der Waals surface area contributed by atoms with Crippen molar-refractivity contribution in [1.29, 1.82) is 0 Å². The first-order chi connectivity index (χ1) is 6.22. The maximum absolute atomic E-state index is 3.90. The second-order valence-corrected chi connectivity index (χ2v) is 5.19. The number of thioether (sulfide) groups is 1. The standard InChI is InChI=1S/C11H21NS/c1-9(2)8-12-10-4-6-11(13-3)7-5-10/h10-12H,1,4-8H2,2-3H3. The van der Waals surface area contributed by atoms with Crippen LogP contribution in [0.15, 0.2) is 12.2 Å². The lowest BCUT2D eigenvalue weighted by molar-refractivity contribution is 0.390. The van der Waals surface area contributed by atoms with Gasteiger partial charge in [-0.15, -0.1) is 0 Å². The zero-order chi connectivity index (χ0) is 9.68. The van der Waals surface area contributed by atoms with Gasteiger partial charge in [0.05, 0.1) is 0 Å². The first-order valence-electron chi connectivity index (χ1n) is 5.13. The molecule has 0 spiro atoms. The highest BCUT2D eigenvalue weighted by molar-refractivity contribution is 7.99. The van der Waals surface area contributed by atoms with Crippen LogP contribution in [0.3, 0.4) is 0 Å². The monoisotopic (exact) mass is 199 g/mol. The third-order valence-electron chi connectivity index (χ3n) is 2.70. The quantitative estimate of drug-likeness (QED) is 0.699. The lowest BCUT2D eigenvalue weighted by Gasteiger charge is -2.28. The van der Waals surface area contributed by atoms with E-state index in [1.54, 1.807) is 0 Å². The van der Waals surface area contributed by atoms with Gasteiger partial charge in [-0.05, 0) is 38.9 Å². The fraction of sp³-hybridized carbons (Fsp3) is 0.818. The summed E-state index contributed by atoms with van der Waals surface area (Å²) in [6.07, 6.45) is 7.69. The third kappa shape index (κ3) is 4.19. The van der Waals surface area contributed by atoms with Gasteiger partial charge in [0.15, 0.2) is 0 Å². The topological polar surface area (TPSA) is 12.0 Å². The fourth-order valence-corrected chi connectivity index (χ4v) is 2.56. The lowest BCUT2D eigenvalue weighted by atomic mass is 9.95. The van der Waals surface area contributed by atoms with Crippen molar-refractivity contribution >= 4 is 11.8 Å². The van der Waals surface area contributed by atoms with Crippen LogP contribution in [-0.2, 0) is 0 Å². The Bertz CT molecular complexity index is 159. The summed E-state index contributed by atoms with van der Waals surface area (Å²) in [5, 5.41) is 4.48. The molecule has 0 saturated heterocycles. The van der Waals surface area contributed by atoms with Gasteiger partial charge in [0, 0.05) is 17.8 Å². The highest BCUT2D eigenvalue weighted by Gasteiger charge is 2.19. The molecule has 1 rings (SSSR count). The molecule has 0 amide bonds. The van der Waals surface area contributed by atoms with Crippen LogP contribution in [0.4, 0.5) is 0 Å². The van der Waals surface area contributed by atoms with Crippen molar-refractivity contribution in [2.24, 2.45) is 0 Å². The molecule has 0 aliphatic heterocycles. The van der Waals surface area contributed by atoms with E-state index in [2.05, 4.69) is 25.1 Å². The van der Waals surface area contributed by atoms with E-state index in [1.165, 1.54) is 31.3 Å². The van der Waals surface area contributed by atoms with E-state index in [4.69, 9.17) is 0 Å². The maximum Gasteiger partial charge on any atom is 0.0161 e. The van der Waals surface area contributed by atoms with E-state index in [1.807, 2.05) is 11.8 Å². The Hall–Kier alpha value is 0.0500. The Balaban J connectivity index is 2.14. The molecular formula is C11H21NS. The van der Waals surface area contributed by atoms with Gasteiger partial charge in [-0.1, -0.05) is 12.2 Å². The van der Waals surface area contributed by atoms with E-state index < -0.39 is 0 Å². The van der Waals surface area contributed by atoms with E-state index in [0.717, 1.165) is 17.8 Å². The van der Waals surface area contributed by atoms with Gasteiger partial charge in [-0.2, -0.15) is 11.8 Å². The van der Waals surface area contributed by atoms with Crippen molar-refractivity contribution in [2.45, 2.75) is 43.9 Å². The molecule has 13 heavy (non-hydrogen) atoms. The summed E-state index contributed by atoms with van der Waals surface area (Å²) in [5.41, 5.74) is 1.24. The van der Waals surface area contributed by atoms with E-state index >= 15 is 0 Å². The molecule has 0 heterocycles. The molecule has 0 unspecified atom stereocenters. The minimum absolute atomic E-state index is 0.750. The van der Waals surface area contributed by atoms with Gasteiger partial charge in [0.1, 0.15) is 0 Å². The van der Waals surface area contributed by atoms with Crippen LogP contribution in [-0.4, -0.2) is 24.1 Å². The first kappa shape index (κ1) is 11.1. The molecule has 0 aromatic rings. The summed E-state index contributed by atoms with van der Waals surface area (Å²) in [4.78, 5) is 0. The summed E-state index contributed by atoms with van der Waals surface area (Å²) in [5.74, 6) is 0. The molecule has 1 aliphatic rings. The lowest BCUT2D eigenvalue weighted by Crippen LogP contribution is -2.34. The van der Waals surface area contributed by atoms with Crippen LogP contribution in [0, 0.1) is 0 Å². The van der Waals surface area contributed by atoms with Crippen molar-refractivity contribution in [2.75, 3.05) is 12.8 Å². The smallest absolute Gasteiger partial charge is 0.0161 e. The van der Waals surface area contributed by atoms with Crippen molar-refractivity contribution in [3.8, 4) is 0 Å². The van der Waals surface area contributed by atoms with Crippen molar-refractivity contribution < 1.29 is 0 Å². The average Bonchev–Trinajstić information content (AvgIpc) is 2.15. The molecule has 0 aromatic heterocycles. The van der Waals surface area contributed by atoms with Crippen molar-refractivity contribution in [1.82, 2.24) is 5.32 Å². The molecule has 1 fully saturated rings. The molecule has 0 aromatic carbocycles. The zero-order valence-corrected chi connectivity index (χ0v) is 9.62. The van der Waals surface area contributed by atoms with E-state index in [0.29, 0.717) is 0 Å². The normalized spacial score (nSPS) is 28.8. The van der Waals surface area contributed by atoms with Crippen LogP contribution in [0.5, 0.6) is 0 Å². The summed E-state index contributed by atoms with van der Waals surface area (Å²) in [7, 11) is 0. The largest absolute Gasteiger partial charge is 0.310 e. The Morgan fingerprint density at radius 3 is 2.46 bits per heavy atom. The Morgan fingerprint density at radius 1 is 1.38 bits per heavy atom. The van der Waals surface area contributed by atoms with Gasteiger partial charge < -0.3 is 5.32 Å². The van der Waals surface area contributed by atoms with Gasteiger partial charge in [0.2, 0.25) is 0 Å². The summed E-state index contributed by atoms with van der Waals surface area (Å²) >= 11 is 2.03. The van der Waals surface area contributed by atoms with Crippen LogP contribution < -0.4 is 5.32 Å². The van der Waals surface area contributed by atoms with Gasteiger partial charge >= 0.3 is 0 Å². The second kappa shape index (κ2) is 5.71. The number of rotatable bonds is 4. The van der Waals surface area contributed by atoms with Gasteiger partial charge in [-0.25, -0.2) is 0 Å². The SMILES string of the molecule is C=C(C)CNC1CCC(SC)CC1. The molecule has 0 radical (unpaired) electrons. The summed E-state index contributed by atoms with van der Waals surface area (Å²) in [6.45, 7) is 6.98. The Morgan fingerprint density at radius 2 is 2.00 bits per heavy atom. The molecule has 1 saturated carbocycles. The van der Waals surface area contributed by atoms with Gasteiger partial charge in [0.25, 0.3) is 0 Å². The van der Waals surface area contributed by atoms with Crippen molar-refractivity contribution in [3.63, 3.8) is 0 Å². The molecule has 1 aliphatic carbocycles. The second-order valence-electron chi connectivity index (χ2n) is 4.05. The Labute approximate surface area is 86.4 Å². The maximum atomic E-state index is 3.90. The fourth-order valence-electron chi connectivity index (χ4n) is 1.82. The minimum atomic E-state index is 0.750. The Kier molecular flexibility index (Phi) is 4.89. The molecule has 76 valence electrons.